The summed E-state index contributed by atoms with van der Waals surface area (Å²) in [5.41, 5.74) is -0.0823. The SMILES string of the molecule is CS(=O)(=O)c1c2c(=O)[nH]c(O)cc2nn1-c1ccccc1. The molecule has 0 bridgehead atoms. The lowest BCUT2D eigenvalue weighted by molar-refractivity contribution is 0.453. The van der Waals surface area contributed by atoms with Crippen LogP contribution in [0.4, 0.5) is 0 Å². The summed E-state index contributed by atoms with van der Waals surface area (Å²) in [5, 5.41) is 13.3. The van der Waals surface area contributed by atoms with E-state index in [1.165, 1.54) is 10.7 Å². The summed E-state index contributed by atoms with van der Waals surface area (Å²) < 4.78 is 25.3. The summed E-state index contributed by atoms with van der Waals surface area (Å²) in [6.45, 7) is 0. The Labute approximate surface area is 119 Å². The highest BCUT2D eigenvalue weighted by atomic mass is 32.2. The van der Waals surface area contributed by atoms with Crippen LogP contribution >= 0.6 is 0 Å². The third kappa shape index (κ3) is 2.19. The summed E-state index contributed by atoms with van der Waals surface area (Å²) in [6.07, 6.45) is 1.01. The first-order valence-electron chi connectivity index (χ1n) is 5.98. The zero-order valence-electron chi connectivity index (χ0n) is 10.9. The third-order valence-electron chi connectivity index (χ3n) is 2.96. The van der Waals surface area contributed by atoms with Gasteiger partial charge in [-0.05, 0) is 12.1 Å². The van der Waals surface area contributed by atoms with E-state index in [0.717, 1.165) is 6.26 Å². The quantitative estimate of drug-likeness (QED) is 0.729. The number of nitrogens with zero attached hydrogens (tertiary/aromatic N) is 2. The van der Waals surface area contributed by atoms with Crippen LogP contribution < -0.4 is 5.56 Å². The van der Waals surface area contributed by atoms with Crippen molar-refractivity contribution in [1.29, 1.82) is 0 Å². The van der Waals surface area contributed by atoms with E-state index in [1.54, 1.807) is 30.3 Å². The van der Waals surface area contributed by atoms with Gasteiger partial charge in [0, 0.05) is 12.3 Å². The number of aromatic hydroxyl groups is 1. The number of rotatable bonds is 2. The molecular weight excluding hydrogens is 294 g/mol. The maximum absolute atomic E-state index is 12.1. The molecule has 0 aliphatic rings. The molecule has 0 saturated heterocycles. The molecule has 3 aromatic rings. The molecular formula is C13H11N3O4S. The number of H-pyrrole nitrogens is 1. The molecule has 0 spiro atoms. The van der Waals surface area contributed by atoms with Crippen LogP contribution in [0.2, 0.25) is 0 Å². The van der Waals surface area contributed by atoms with Crippen molar-refractivity contribution in [3.05, 3.63) is 46.8 Å². The number of aromatic nitrogens is 3. The fourth-order valence-electron chi connectivity index (χ4n) is 2.16. The van der Waals surface area contributed by atoms with Gasteiger partial charge in [-0.1, -0.05) is 18.2 Å². The molecule has 3 rings (SSSR count). The zero-order chi connectivity index (χ0) is 15.2. The Morgan fingerprint density at radius 3 is 2.52 bits per heavy atom. The first-order chi connectivity index (χ1) is 9.88. The standard InChI is InChI=1S/C13H11N3O4S/c1-21(19,20)13-11-9(7-10(17)14-12(11)18)15-16(13)8-5-3-2-4-6-8/h2-7,17H,1H3,(H,14,18). The number of hydrogen-bond acceptors (Lipinski definition) is 5. The van der Waals surface area contributed by atoms with Gasteiger partial charge in [0.05, 0.1) is 5.69 Å². The van der Waals surface area contributed by atoms with Gasteiger partial charge >= 0.3 is 0 Å². The van der Waals surface area contributed by atoms with Crippen LogP contribution in [0.5, 0.6) is 5.88 Å². The van der Waals surface area contributed by atoms with Gasteiger partial charge in [0.2, 0.25) is 0 Å². The number of para-hydroxylation sites is 1. The zero-order valence-corrected chi connectivity index (χ0v) is 11.8. The lowest BCUT2D eigenvalue weighted by Crippen LogP contribution is -2.12. The predicted octanol–water partition coefficient (Wildman–Crippen LogP) is 0.823. The normalized spacial score (nSPS) is 11.9. The van der Waals surface area contributed by atoms with Crippen molar-refractivity contribution < 1.29 is 13.5 Å². The lowest BCUT2D eigenvalue weighted by Gasteiger charge is -2.05. The van der Waals surface area contributed by atoms with E-state index in [1.807, 2.05) is 0 Å². The Bertz CT molecular complexity index is 987. The fraction of sp³-hybridized carbons (Fsp3) is 0.0769. The molecule has 0 saturated carbocycles. The van der Waals surface area contributed by atoms with Crippen LogP contribution in [0.1, 0.15) is 0 Å². The van der Waals surface area contributed by atoms with Crippen molar-refractivity contribution in [2.75, 3.05) is 6.26 Å². The molecule has 7 nitrogen and oxygen atoms in total. The van der Waals surface area contributed by atoms with Crippen LogP contribution in [-0.4, -0.2) is 34.5 Å². The van der Waals surface area contributed by atoms with Gasteiger partial charge in [0.15, 0.2) is 20.7 Å². The van der Waals surface area contributed by atoms with Crippen LogP contribution in [0.3, 0.4) is 0 Å². The summed E-state index contributed by atoms with van der Waals surface area (Å²) in [4.78, 5) is 14.2. The van der Waals surface area contributed by atoms with Crippen molar-refractivity contribution in [3.63, 3.8) is 0 Å². The van der Waals surface area contributed by atoms with E-state index < -0.39 is 15.4 Å². The van der Waals surface area contributed by atoms with Crippen LogP contribution in [0.15, 0.2) is 46.2 Å². The highest BCUT2D eigenvalue weighted by Crippen LogP contribution is 2.24. The second kappa shape index (κ2) is 4.45. The molecule has 2 heterocycles. The van der Waals surface area contributed by atoms with Gasteiger partial charge in [-0.3, -0.25) is 9.78 Å². The fourth-order valence-corrected chi connectivity index (χ4v) is 3.19. The van der Waals surface area contributed by atoms with Gasteiger partial charge in [-0.2, -0.15) is 5.10 Å². The Morgan fingerprint density at radius 1 is 1.24 bits per heavy atom. The number of nitrogens with one attached hydrogen (secondary N) is 1. The molecule has 2 N–H and O–H groups in total. The number of pyridine rings is 1. The van der Waals surface area contributed by atoms with Crippen molar-refractivity contribution >= 4 is 20.7 Å². The molecule has 108 valence electrons. The van der Waals surface area contributed by atoms with E-state index in [2.05, 4.69) is 10.1 Å². The Kier molecular flexibility index (Phi) is 2.84. The minimum absolute atomic E-state index is 0.0702. The highest BCUT2D eigenvalue weighted by Gasteiger charge is 2.24. The molecule has 1 aromatic carbocycles. The molecule has 21 heavy (non-hydrogen) atoms. The van der Waals surface area contributed by atoms with Gasteiger partial charge in [-0.25, -0.2) is 13.1 Å². The first-order valence-corrected chi connectivity index (χ1v) is 7.87. The topological polar surface area (TPSA) is 105 Å². The number of fused-ring (bicyclic) bond motifs is 1. The summed E-state index contributed by atoms with van der Waals surface area (Å²) in [5.74, 6) is -0.370. The number of sulfone groups is 1. The van der Waals surface area contributed by atoms with Crippen molar-refractivity contribution in [2.45, 2.75) is 5.03 Å². The minimum Gasteiger partial charge on any atom is -0.494 e. The number of hydrogen-bond donors (Lipinski definition) is 2. The molecule has 0 aliphatic heterocycles. The molecule has 8 heteroatoms. The van der Waals surface area contributed by atoms with Crippen molar-refractivity contribution in [2.24, 2.45) is 0 Å². The first kappa shape index (κ1) is 13.4. The maximum Gasteiger partial charge on any atom is 0.263 e. The summed E-state index contributed by atoms with van der Waals surface area (Å²) >= 11 is 0. The molecule has 0 radical (unpaired) electrons. The Hall–Kier alpha value is -2.61. The second-order valence-electron chi connectivity index (χ2n) is 4.57. The predicted molar refractivity (Wildman–Crippen MR) is 76.5 cm³/mol. The average molecular weight is 305 g/mol. The lowest BCUT2D eigenvalue weighted by atomic mass is 10.3. The largest absolute Gasteiger partial charge is 0.494 e. The molecule has 0 atom stereocenters. The number of benzene rings is 1. The number of aromatic amines is 1. The highest BCUT2D eigenvalue weighted by molar-refractivity contribution is 7.90. The van der Waals surface area contributed by atoms with Gasteiger partial charge in [-0.15, -0.1) is 0 Å². The van der Waals surface area contributed by atoms with Gasteiger partial charge in [0.1, 0.15) is 10.9 Å². The Morgan fingerprint density at radius 2 is 1.90 bits per heavy atom. The average Bonchev–Trinajstić information content (AvgIpc) is 2.79. The van der Waals surface area contributed by atoms with E-state index >= 15 is 0 Å². The smallest absolute Gasteiger partial charge is 0.263 e. The van der Waals surface area contributed by atoms with Crippen molar-refractivity contribution in [1.82, 2.24) is 14.8 Å². The summed E-state index contributed by atoms with van der Waals surface area (Å²) in [7, 11) is -3.70. The van der Waals surface area contributed by atoms with E-state index in [-0.39, 0.29) is 21.8 Å². The monoisotopic (exact) mass is 305 g/mol. The minimum atomic E-state index is -3.70. The van der Waals surface area contributed by atoms with E-state index in [9.17, 15) is 18.3 Å². The van der Waals surface area contributed by atoms with Crippen LogP contribution in [0, 0.1) is 0 Å². The molecule has 2 aromatic heterocycles. The van der Waals surface area contributed by atoms with Crippen LogP contribution in [-0.2, 0) is 9.84 Å². The van der Waals surface area contributed by atoms with E-state index in [0.29, 0.717) is 5.69 Å². The molecule has 0 aliphatic carbocycles. The molecule has 0 unspecified atom stereocenters. The van der Waals surface area contributed by atoms with Crippen LogP contribution in [0.25, 0.3) is 16.6 Å². The summed E-state index contributed by atoms with van der Waals surface area (Å²) in [6, 6.07) is 9.81. The van der Waals surface area contributed by atoms with Crippen molar-refractivity contribution in [3.8, 4) is 11.6 Å². The van der Waals surface area contributed by atoms with E-state index in [4.69, 9.17) is 0 Å². The maximum atomic E-state index is 12.1. The molecule has 0 fully saturated rings. The third-order valence-corrected chi connectivity index (χ3v) is 4.04. The van der Waals surface area contributed by atoms with Gasteiger partial charge < -0.3 is 5.11 Å². The second-order valence-corrected chi connectivity index (χ2v) is 6.50. The van der Waals surface area contributed by atoms with Gasteiger partial charge in [0.25, 0.3) is 5.56 Å². The Balaban J connectivity index is 2.52. The molecule has 0 amide bonds.